The van der Waals surface area contributed by atoms with Crippen LogP contribution in [0.5, 0.6) is 11.5 Å². The van der Waals surface area contributed by atoms with E-state index >= 15 is 0 Å². The van der Waals surface area contributed by atoms with Crippen molar-refractivity contribution in [1.29, 1.82) is 0 Å². The first kappa shape index (κ1) is 20.8. The third-order valence-electron chi connectivity index (χ3n) is 3.55. The Labute approximate surface area is 165 Å². The number of carbonyl (C=O) groups is 2. The topological polar surface area (TPSA) is 99.9 Å². The number of hydrogen-bond acceptors (Lipinski definition) is 7. The molecule has 8 nitrogen and oxygen atoms in total. The zero-order valence-corrected chi connectivity index (χ0v) is 17.1. The monoisotopic (exact) mass is 440 g/mol. The molecule has 1 atom stereocenters. The maximum absolute atomic E-state index is 12.5. The molecule has 0 spiro atoms. The summed E-state index contributed by atoms with van der Waals surface area (Å²) in [5.74, 6) is 0.544. The number of ether oxygens (including phenoxy) is 3. The van der Waals surface area contributed by atoms with Crippen molar-refractivity contribution in [3.8, 4) is 11.5 Å². The molecular weight excluding hydrogens is 420 g/mol. The first-order valence-corrected chi connectivity index (χ1v) is 9.14. The third kappa shape index (κ3) is 5.22. The molecule has 27 heavy (non-hydrogen) atoms. The fourth-order valence-corrected chi connectivity index (χ4v) is 2.83. The summed E-state index contributed by atoms with van der Waals surface area (Å²) in [4.78, 5) is 24.8. The molecule has 146 valence electrons. The van der Waals surface area contributed by atoms with Crippen LogP contribution < -0.4 is 14.8 Å². The number of carbonyl (C=O) groups excluding carboxylic acids is 2. The Kier molecular flexibility index (Phi) is 7.23. The van der Waals surface area contributed by atoms with Gasteiger partial charge in [-0.3, -0.25) is 4.79 Å². The van der Waals surface area contributed by atoms with Gasteiger partial charge in [0, 0.05) is 6.07 Å². The summed E-state index contributed by atoms with van der Waals surface area (Å²) in [6.07, 6.45) is -0.685. The van der Waals surface area contributed by atoms with E-state index in [0.29, 0.717) is 34.8 Å². The molecule has 0 saturated heterocycles. The van der Waals surface area contributed by atoms with Crippen molar-refractivity contribution >= 4 is 33.6 Å². The number of amides is 1. The number of benzene rings is 1. The normalized spacial score (nSPS) is 11.6. The molecule has 1 aromatic heterocycles. The number of nitrogens with one attached hydrogen (secondary N) is 1. The van der Waals surface area contributed by atoms with Gasteiger partial charge in [-0.05, 0) is 48.3 Å². The van der Waals surface area contributed by atoms with Crippen LogP contribution in [0.15, 0.2) is 27.2 Å². The molecule has 0 fully saturated rings. The quantitative estimate of drug-likeness (QED) is 0.624. The van der Waals surface area contributed by atoms with Crippen molar-refractivity contribution in [2.75, 3.05) is 19.0 Å². The van der Waals surface area contributed by atoms with E-state index in [1.165, 1.54) is 13.2 Å². The van der Waals surface area contributed by atoms with Crippen molar-refractivity contribution in [3.05, 3.63) is 34.0 Å². The number of methoxy groups -OCH3 is 1. The van der Waals surface area contributed by atoms with E-state index < -0.39 is 18.0 Å². The molecule has 0 aliphatic rings. The smallest absolute Gasteiger partial charge is 0.339 e. The average molecular weight is 441 g/mol. The zero-order chi connectivity index (χ0) is 20.0. The van der Waals surface area contributed by atoms with Gasteiger partial charge in [0.25, 0.3) is 5.91 Å². The first-order valence-electron chi connectivity index (χ1n) is 8.35. The van der Waals surface area contributed by atoms with Crippen LogP contribution in [0.3, 0.4) is 0 Å². The van der Waals surface area contributed by atoms with Gasteiger partial charge in [0.15, 0.2) is 23.4 Å². The highest BCUT2D eigenvalue weighted by Crippen LogP contribution is 2.37. The van der Waals surface area contributed by atoms with Crippen molar-refractivity contribution in [3.63, 3.8) is 0 Å². The lowest BCUT2D eigenvalue weighted by molar-refractivity contribution is -0.124. The lowest BCUT2D eigenvalue weighted by atomic mass is 10.2. The Morgan fingerprint density at radius 3 is 2.59 bits per heavy atom. The van der Waals surface area contributed by atoms with Crippen molar-refractivity contribution in [2.45, 2.75) is 33.3 Å². The first-order chi connectivity index (χ1) is 12.9. The van der Waals surface area contributed by atoms with Crippen LogP contribution in [0.25, 0.3) is 0 Å². The number of rotatable bonds is 8. The van der Waals surface area contributed by atoms with E-state index in [4.69, 9.17) is 18.7 Å². The molecule has 1 N–H and O–H groups in total. The number of anilines is 1. The Hall–Kier alpha value is -2.55. The van der Waals surface area contributed by atoms with E-state index in [0.717, 1.165) is 0 Å². The fraction of sp³-hybridized carbons (Fsp3) is 0.389. The third-order valence-corrected chi connectivity index (χ3v) is 4.13. The number of hydrogen-bond donors (Lipinski definition) is 1. The lowest BCUT2D eigenvalue weighted by Gasteiger charge is -2.16. The van der Waals surface area contributed by atoms with Gasteiger partial charge in [-0.25, -0.2) is 4.79 Å². The van der Waals surface area contributed by atoms with Crippen molar-refractivity contribution < 1.29 is 28.3 Å². The van der Waals surface area contributed by atoms with E-state index in [2.05, 4.69) is 26.4 Å². The van der Waals surface area contributed by atoms with Gasteiger partial charge >= 0.3 is 5.97 Å². The molecule has 1 aromatic carbocycles. The molecule has 2 aromatic rings. The molecule has 2 rings (SSSR count). The molecule has 0 aliphatic heterocycles. The summed E-state index contributed by atoms with van der Waals surface area (Å²) >= 11 is 3.36. The second-order valence-corrected chi connectivity index (χ2v) is 6.39. The Bertz CT molecular complexity index is 820. The molecule has 1 heterocycles. The summed E-state index contributed by atoms with van der Waals surface area (Å²) < 4.78 is 21.6. The second kappa shape index (κ2) is 9.40. The van der Waals surface area contributed by atoms with Crippen LogP contribution in [-0.4, -0.2) is 36.9 Å². The molecule has 9 heteroatoms. The molecule has 1 amide bonds. The van der Waals surface area contributed by atoms with Gasteiger partial charge in [0.1, 0.15) is 5.76 Å². The SMILES string of the molecule is CCOc1c(Br)cc(C(=O)OC(CC)C(=O)Nc2cc(C)on2)cc1OC. The van der Waals surface area contributed by atoms with Crippen LogP contribution in [0, 0.1) is 6.92 Å². The molecule has 0 aliphatic carbocycles. The summed E-state index contributed by atoms with van der Waals surface area (Å²) in [7, 11) is 1.47. The minimum Gasteiger partial charge on any atom is -0.493 e. The minimum absolute atomic E-state index is 0.228. The summed E-state index contributed by atoms with van der Waals surface area (Å²) in [6, 6.07) is 4.63. The maximum Gasteiger partial charge on any atom is 0.339 e. The van der Waals surface area contributed by atoms with Gasteiger partial charge in [-0.2, -0.15) is 0 Å². The minimum atomic E-state index is -0.981. The number of nitrogens with zero attached hydrogens (tertiary/aromatic N) is 1. The second-order valence-electron chi connectivity index (χ2n) is 5.54. The van der Waals surface area contributed by atoms with Crippen LogP contribution in [0.2, 0.25) is 0 Å². The van der Waals surface area contributed by atoms with Crippen molar-refractivity contribution in [1.82, 2.24) is 5.16 Å². The Balaban J connectivity index is 2.14. The molecular formula is C18H21BrN2O6. The van der Waals surface area contributed by atoms with Crippen LogP contribution in [0.1, 0.15) is 36.4 Å². The molecule has 0 bridgehead atoms. The highest BCUT2D eigenvalue weighted by atomic mass is 79.9. The molecule has 0 radical (unpaired) electrons. The standard InChI is InChI=1S/C18H21BrN2O6/c1-5-13(17(22)20-15-7-10(3)27-21-15)26-18(23)11-8-12(19)16(25-6-2)14(9-11)24-4/h7-9,13H,5-6H2,1-4H3,(H,20,21,22). The highest BCUT2D eigenvalue weighted by Gasteiger charge is 2.24. The zero-order valence-electron chi connectivity index (χ0n) is 15.5. The van der Waals surface area contributed by atoms with Gasteiger partial charge in [0.05, 0.1) is 23.8 Å². The predicted molar refractivity (Wildman–Crippen MR) is 101 cm³/mol. The maximum atomic E-state index is 12.5. The number of halogens is 1. The van der Waals surface area contributed by atoms with Crippen LogP contribution in [-0.2, 0) is 9.53 Å². The summed E-state index contributed by atoms with van der Waals surface area (Å²) in [5.41, 5.74) is 0.228. The average Bonchev–Trinajstić information content (AvgIpc) is 3.05. The van der Waals surface area contributed by atoms with Crippen LogP contribution >= 0.6 is 15.9 Å². The Morgan fingerprint density at radius 1 is 1.30 bits per heavy atom. The fourth-order valence-electron chi connectivity index (χ4n) is 2.27. The number of aromatic nitrogens is 1. The summed E-state index contributed by atoms with van der Waals surface area (Å²) in [6.45, 7) is 5.73. The van der Waals surface area contributed by atoms with Crippen LogP contribution in [0.4, 0.5) is 5.82 Å². The van der Waals surface area contributed by atoms with E-state index in [1.807, 2.05) is 6.92 Å². The number of esters is 1. The Morgan fingerprint density at radius 2 is 2.04 bits per heavy atom. The van der Waals surface area contributed by atoms with E-state index in [1.54, 1.807) is 26.0 Å². The summed E-state index contributed by atoms with van der Waals surface area (Å²) in [5, 5.41) is 6.24. The number of aryl methyl sites for hydroxylation is 1. The van der Waals surface area contributed by atoms with E-state index in [-0.39, 0.29) is 11.4 Å². The predicted octanol–water partition coefficient (Wildman–Crippen LogP) is 3.73. The lowest BCUT2D eigenvalue weighted by Crippen LogP contribution is -2.32. The highest BCUT2D eigenvalue weighted by molar-refractivity contribution is 9.10. The van der Waals surface area contributed by atoms with Gasteiger partial charge in [0.2, 0.25) is 0 Å². The van der Waals surface area contributed by atoms with E-state index in [9.17, 15) is 9.59 Å². The van der Waals surface area contributed by atoms with Gasteiger partial charge < -0.3 is 24.1 Å². The van der Waals surface area contributed by atoms with Gasteiger partial charge in [-0.1, -0.05) is 12.1 Å². The van der Waals surface area contributed by atoms with Crippen molar-refractivity contribution in [2.24, 2.45) is 0 Å². The largest absolute Gasteiger partial charge is 0.493 e. The molecule has 1 unspecified atom stereocenters. The van der Waals surface area contributed by atoms with Gasteiger partial charge in [-0.15, -0.1) is 0 Å². The molecule has 0 saturated carbocycles.